The predicted molar refractivity (Wildman–Crippen MR) is 237 cm³/mol. The van der Waals surface area contributed by atoms with Crippen molar-refractivity contribution in [1.29, 1.82) is 0 Å². The number of carboxylic acid groups (broad SMARTS) is 1. The van der Waals surface area contributed by atoms with Crippen molar-refractivity contribution in [2.45, 2.75) is 79.9 Å². The highest BCUT2D eigenvalue weighted by atomic mass is 32.2. The molecular weight excluding hydrogens is 857 g/mol. The third kappa shape index (κ3) is 14.1. The molecule has 2 atom stereocenters. The Morgan fingerprint density at radius 3 is 1.89 bits per heavy atom. The van der Waals surface area contributed by atoms with E-state index in [0.29, 0.717) is 122 Å². The summed E-state index contributed by atoms with van der Waals surface area (Å²) in [5.74, 6) is -0.857. The monoisotopic (exact) mass is 920 g/mol. The molecule has 4 rings (SSSR count). The Bertz CT molecular complexity index is 2190. The molecule has 0 amide bonds. The van der Waals surface area contributed by atoms with Gasteiger partial charge in [-0.15, -0.1) is 0 Å². The fraction of sp³-hybridized carbons (Fsp3) is 0.556. The second-order valence-corrected chi connectivity index (χ2v) is 18.5. The second kappa shape index (κ2) is 24.5. The Kier molecular flexibility index (Phi) is 20.1. The van der Waals surface area contributed by atoms with Crippen LogP contribution < -0.4 is 4.90 Å². The van der Waals surface area contributed by atoms with Crippen molar-refractivity contribution in [2.24, 2.45) is 0 Å². The van der Waals surface area contributed by atoms with Crippen LogP contribution in [-0.4, -0.2) is 141 Å². The molecule has 63 heavy (non-hydrogen) atoms. The highest BCUT2D eigenvalue weighted by molar-refractivity contribution is 7.86. The second-order valence-electron chi connectivity index (χ2n) is 15.7. The predicted octanol–water partition coefficient (Wildman–Crippen LogP) is 5.77. The first-order valence-corrected chi connectivity index (χ1v) is 24.1. The van der Waals surface area contributed by atoms with Gasteiger partial charge >= 0.3 is 5.97 Å². The van der Waals surface area contributed by atoms with Crippen molar-refractivity contribution in [2.75, 3.05) is 98.3 Å². The SMILES string of the molecule is CCN1/C(=C/C=C/C=C/C2=[N+](CCCCCC(=O)O)c3ccc(S(=O)(=O)O)cc3C2(C)CCOCCOCCOC)C(C)(CCOCCOCCOC)c2cc(S(=O)(=O)[O-])ccc21. The van der Waals surface area contributed by atoms with Crippen LogP contribution in [0, 0.1) is 0 Å². The number of hydrogen-bond donors (Lipinski definition) is 2. The van der Waals surface area contributed by atoms with E-state index in [9.17, 15) is 35.8 Å². The van der Waals surface area contributed by atoms with Crippen LogP contribution in [0.4, 0.5) is 11.4 Å². The highest BCUT2D eigenvalue weighted by Crippen LogP contribution is 2.50. The molecule has 2 aliphatic rings. The molecule has 0 bridgehead atoms. The van der Waals surface area contributed by atoms with E-state index < -0.39 is 37.0 Å². The lowest BCUT2D eigenvalue weighted by Crippen LogP contribution is -2.33. The fourth-order valence-corrected chi connectivity index (χ4v) is 9.05. The summed E-state index contributed by atoms with van der Waals surface area (Å²) in [4.78, 5) is 12.8. The zero-order valence-corrected chi connectivity index (χ0v) is 38.7. The Morgan fingerprint density at radius 1 is 0.746 bits per heavy atom. The van der Waals surface area contributed by atoms with Gasteiger partial charge in [0.05, 0.1) is 68.1 Å². The first kappa shape index (κ1) is 51.8. The fourth-order valence-electron chi connectivity index (χ4n) is 8.05. The van der Waals surface area contributed by atoms with Crippen LogP contribution >= 0.6 is 0 Å². The molecule has 2 aromatic carbocycles. The topological polar surface area (TPSA) is 210 Å². The maximum Gasteiger partial charge on any atom is 0.303 e. The number of methoxy groups -OCH3 is 2. The number of likely N-dealkylation sites (N-methyl/N-ethyl adjacent to an activating group) is 1. The molecule has 0 aliphatic carbocycles. The number of fused-ring (bicyclic) bond motifs is 2. The minimum absolute atomic E-state index is 0.0606. The lowest BCUT2D eigenvalue weighted by Gasteiger charge is -2.30. The van der Waals surface area contributed by atoms with Gasteiger partial charge in [-0.1, -0.05) is 18.2 Å². The number of hydrogen-bond acceptors (Lipinski definition) is 13. The number of anilines is 1. The summed E-state index contributed by atoms with van der Waals surface area (Å²) >= 11 is 0. The van der Waals surface area contributed by atoms with Crippen LogP contribution in [0.25, 0.3) is 0 Å². The van der Waals surface area contributed by atoms with Gasteiger partial charge in [0.1, 0.15) is 16.7 Å². The number of carboxylic acids is 1. The number of nitrogens with zero attached hydrogens (tertiary/aromatic N) is 2. The van der Waals surface area contributed by atoms with Gasteiger partial charge in [-0.05, 0) is 88.4 Å². The molecule has 2 unspecified atom stereocenters. The molecular formula is C45H64N2O14S2. The Morgan fingerprint density at radius 2 is 1.32 bits per heavy atom. The third-order valence-electron chi connectivity index (χ3n) is 11.4. The number of aliphatic carboxylic acids is 1. The van der Waals surface area contributed by atoms with Gasteiger partial charge in [-0.25, -0.2) is 8.42 Å². The van der Waals surface area contributed by atoms with Gasteiger partial charge < -0.3 is 43.0 Å². The lowest BCUT2D eigenvalue weighted by molar-refractivity contribution is -0.438. The number of rotatable bonds is 30. The normalized spacial score (nSPS) is 19.6. The molecule has 0 saturated carbocycles. The average Bonchev–Trinajstić information content (AvgIpc) is 3.61. The van der Waals surface area contributed by atoms with Crippen LogP contribution in [0.1, 0.15) is 70.4 Å². The van der Waals surface area contributed by atoms with E-state index >= 15 is 0 Å². The van der Waals surface area contributed by atoms with Crippen molar-refractivity contribution >= 4 is 43.3 Å². The van der Waals surface area contributed by atoms with Crippen molar-refractivity contribution in [3.63, 3.8) is 0 Å². The summed E-state index contributed by atoms with van der Waals surface area (Å²) in [6.45, 7) is 11.1. The van der Waals surface area contributed by atoms with Crippen molar-refractivity contribution in [3.8, 4) is 0 Å². The Labute approximate surface area is 372 Å². The van der Waals surface area contributed by atoms with Crippen molar-refractivity contribution in [3.05, 3.63) is 83.6 Å². The zero-order valence-electron chi connectivity index (χ0n) is 37.1. The van der Waals surface area contributed by atoms with Crippen molar-refractivity contribution < 1.29 is 68.8 Å². The number of allylic oxidation sites excluding steroid dienone is 6. The number of benzene rings is 2. The summed E-state index contributed by atoms with van der Waals surface area (Å²) < 4.78 is 106. The van der Waals surface area contributed by atoms with Crippen LogP contribution in [0.5, 0.6) is 0 Å². The smallest absolute Gasteiger partial charge is 0.303 e. The molecule has 18 heteroatoms. The first-order chi connectivity index (χ1) is 30.0. The van der Waals surface area contributed by atoms with Crippen LogP contribution in [0.15, 0.2) is 82.3 Å². The van der Waals surface area contributed by atoms with E-state index in [1.54, 1.807) is 26.4 Å². The van der Waals surface area contributed by atoms with E-state index in [-0.39, 0.29) is 16.2 Å². The number of carbonyl (C=O) groups is 1. The average molecular weight is 921 g/mol. The first-order valence-electron chi connectivity index (χ1n) is 21.2. The molecule has 0 fully saturated rings. The maximum absolute atomic E-state index is 12.4. The number of ether oxygens (including phenoxy) is 6. The zero-order chi connectivity index (χ0) is 46.1. The highest BCUT2D eigenvalue weighted by Gasteiger charge is 2.48. The molecule has 0 aromatic heterocycles. The van der Waals surface area contributed by atoms with E-state index in [1.807, 2.05) is 51.2 Å². The molecule has 2 N–H and O–H groups in total. The maximum atomic E-state index is 12.4. The van der Waals surface area contributed by atoms with Gasteiger partial charge in [0.25, 0.3) is 10.1 Å². The molecule has 16 nitrogen and oxygen atoms in total. The van der Waals surface area contributed by atoms with E-state index in [2.05, 4.69) is 9.48 Å². The quantitative estimate of drug-likeness (QED) is 0.0412. The lowest BCUT2D eigenvalue weighted by atomic mass is 9.76. The molecule has 2 aromatic rings. The minimum atomic E-state index is -4.72. The van der Waals surface area contributed by atoms with Gasteiger partial charge in [-0.2, -0.15) is 13.0 Å². The van der Waals surface area contributed by atoms with E-state index in [0.717, 1.165) is 22.8 Å². The molecule has 350 valence electrons. The largest absolute Gasteiger partial charge is 0.744 e. The van der Waals surface area contributed by atoms with E-state index in [4.69, 9.17) is 28.4 Å². The summed E-state index contributed by atoms with van der Waals surface area (Å²) in [6.07, 6.45) is 12.5. The molecule has 0 radical (unpaired) electrons. The van der Waals surface area contributed by atoms with Gasteiger partial charge in [0.2, 0.25) is 5.69 Å². The number of unbranched alkanes of at least 4 members (excludes halogenated alkanes) is 2. The minimum Gasteiger partial charge on any atom is -0.744 e. The van der Waals surface area contributed by atoms with Crippen molar-refractivity contribution in [1.82, 2.24) is 0 Å². The van der Waals surface area contributed by atoms with Crippen LogP contribution in [0.3, 0.4) is 0 Å². The van der Waals surface area contributed by atoms with Gasteiger partial charge in [0.15, 0.2) is 5.71 Å². The standard InChI is InChI=1S/C45H64N2O14S2/c1-6-46-39-18-16-35(62(50,51)52)33-37(39)44(2,20-23-58-29-31-60-27-25-56-4)41(46)13-9-7-10-14-42-45(3,21-24-59-30-32-61-28-26-57-5)38-34-36(63(53,54)55)17-19-40(38)47(42)22-12-8-11-15-43(48)49/h7,9-10,13-14,16-19,33-34H,6,8,11-12,15,20-32H2,1-5H3,(H2-,48,49,50,51,52,53,54,55). The summed E-state index contributed by atoms with van der Waals surface area (Å²) in [5, 5.41) is 9.20. The molecule has 0 saturated heterocycles. The Balaban J connectivity index is 1.69. The summed E-state index contributed by atoms with van der Waals surface area (Å²) in [5.41, 5.74) is 3.24. The van der Waals surface area contributed by atoms with Gasteiger partial charge in [-0.3, -0.25) is 9.35 Å². The molecule has 2 aliphatic heterocycles. The molecule has 2 heterocycles. The summed E-state index contributed by atoms with van der Waals surface area (Å²) in [7, 11) is -6.04. The van der Waals surface area contributed by atoms with E-state index in [1.165, 1.54) is 24.3 Å². The van der Waals surface area contributed by atoms with Crippen LogP contribution in [-0.2, 0) is 64.3 Å². The Hall–Kier alpha value is -3.82. The third-order valence-corrected chi connectivity index (χ3v) is 13.1. The van der Waals surface area contributed by atoms with Gasteiger partial charge in [0, 0.05) is 81.3 Å². The summed E-state index contributed by atoms with van der Waals surface area (Å²) in [6, 6.07) is 9.07. The molecule has 0 spiro atoms. The van der Waals surface area contributed by atoms with Crippen LogP contribution in [0.2, 0.25) is 0 Å².